The standard InChI is InChI=1S/C17H26N2O/c18-12-17(16-6-3-11-20-13-16)19-9-7-14-4-1-2-5-15(14)8-10-19/h1-2,4-5,16-17H,3,6-13,18H2. The van der Waals surface area contributed by atoms with Crippen molar-refractivity contribution in [3.8, 4) is 0 Å². The lowest BCUT2D eigenvalue weighted by Crippen LogP contribution is -2.49. The van der Waals surface area contributed by atoms with Crippen LogP contribution in [-0.4, -0.2) is 43.8 Å². The van der Waals surface area contributed by atoms with E-state index in [0.717, 1.165) is 45.7 Å². The van der Waals surface area contributed by atoms with E-state index in [1.807, 2.05) is 0 Å². The molecule has 2 unspecified atom stereocenters. The smallest absolute Gasteiger partial charge is 0.0509 e. The molecule has 3 rings (SSSR count). The van der Waals surface area contributed by atoms with Gasteiger partial charge in [-0.1, -0.05) is 24.3 Å². The quantitative estimate of drug-likeness (QED) is 0.914. The lowest BCUT2D eigenvalue weighted by Gasteiger charge is -2.37. The Bertz CT molecular complexity index is 402. The average molecular weight is 274 g/mol. The van der Waals surface area contributed by atoms with Crippen molar-refractivity contribution in [1.82, 2.24) is 4.90 Å². The SMILES string of the molecule is NCC(C1CCCOC1)N1CCc2ccccc2CC1. The zero-order valence-corrected chi connectivity index (χ0v) is 12.3. The lowest BCUT2D eigenvalue weighted by atomic mass is 9.92. The molecule has 1 aromatic rings. The van der Waals surface area contributed by atoms with Gasteiger partial charge in [-0.15, -0.1) is 0 Å². The molecule has 0 bridgehead atoms. The molecule has 3 heteroatoms. The summed E-state index contributed by atoms with van der Waals surface area (Å²) in [6.45, 7) is 4.85. The molecule has 0 spiro atoms. The maximum Gasteiger partial charge on any atom is 0.0509 e. The summed E-state index contributed by atoms with van der Waals surface area (Å²) in [7, 11) is 0. The third-order valence-corrected chi connectivity index (χ3v) is 4.91. The number of hydrogen-bond acceptors (Lipinski definition) is 3. The molecule has 20 heavy (non-hydrogen) atoms. The van der Waals surface area contributed by atoms with Crippen LogP contribution >= 0.6 is 0 Å². The van der Waals surface area contributed by atoms with Crippen molar-refractivity contribution in [2.45, 2.75) is 31.7 Å². The first-order valence-electron chi connectivity index (χ1n) is 7.97. The highest BCUT2D eigenvalue weighted by Crippen LogP contribution is 2.24. The number of nitrogens with zero attached hydrogens (tertiary/aromatic N) is 1. The lowest BCUT2D eigenvalue weighted by molar-refractivity contribution is 0.0121. The molecular formula is C17H26N2O. The monoisotopic (exact) mass is 274 g/mol. The second-order valence-corrected chi connectivity index (χ2v) is 6.08. The van der Waals surface area contributed by atoms with Crippen LogP contribution in [0.25, 0.3) is 0 Å². The minimum atomic E-state index is 0.490. The van der Waals surface area contributed by atoms with Gasteiger partial charge in [0, 0.05) is 32.3 Å². The number of ether oxygens (including phenoxy) is 1. The first-order chi connectivity index (χ1) is 9.88. The normalized spacial score (nSPS) is 25.8. The molecule has 0 aliphatic carbocycles. The van der Waals surface area contributed by atoms with Gasteiger partial charge in [-0.25, -0.2) is 0 Å². The van der Waals surface area contributed by atoms with Gasteiger partial charge in [0.1, 0.15) is 0 Å². The Morgan fingerprint density at radius 3 is 2.45 bits per heavy atom. The van der Waals surface area contributed by atoms with Crippen molar-refractivity contribution in [3.63, 3.8) is 0 Å². The van der Waals surface area contributed by atoms with Gasteiger partial charge in [-0.3, -0.25) is 4.90 Å². The molecule has 0 amide bonds. The Balaban J connectivity index is 1.68. The van der Waals surface area contributed by atoms with Gasteiger partial charge in [-0.05, 0) is 42.7 Å². The van der Waals surface area contributed by atoms with Crippen molar-refractivity contribution >= 4 is 0 Å². The van der Waals surface area contributed by atoms with Crippen LogP contribution in [0.4, 0.5) is 0 Å². The number of fused-ring (bicyclic) bond motifs is 1. The number of hydrogen-bond donors (Lipinski definition) is 1. The van der Waals surface area contributed by atoms with Crippen LogP contribution in [-0.2, 0) is 17.6 Å². The van der Waals surface area contributed by atoms with Gasteiger partial charge in [0.2, 0.25) is 0 Å². The summed E-state index contributed by atoms with van der Waals surface area (Å²) in [6, 6.07) is 9.36. The molecule has 3 nitrogen and oxygen atoms in total. The summed E-state index contributed by atoms with van der Waals surface area (Å²) in [5, 5.41) is 0. The van der Waals surface area contributed by atoms with Gasteiger partial charge < -0.3 is 10.5 Å². The molecule has 1 aromatic carbocycles. The second-order valence-electron chi connectivity index (χ2n) is 6.08. The molecule has 2 aliphatic heterocycles. The summed E-state index contributed by atoms with van der Waals surface area (Å²) in [4.78, 5) is 2.61. The van der Waals surface area contributed by atoms with E-state index in [1.54, 1.807) is 0 Å². The maximum absolute atomic E-state index is 6.09. The van der Waals surface area contributed by atoms with Crippen molar-refractivity contribution in [2.75, 3.05) is 32.8 Å². The van der Waals surface area contributed by atoms with Crippen LogP contribution in [0.3, 0.4) is 0 Å². The van der Waals surface area contributed by atoms with E-state index in [4.69, 9.17) is 10.5 Å². The van der Waals surface area contributed by atoms with Crippen LogP contribution in [0.5, 0.6) is 0 Å². The van der Waals surface area contributed by atoms with Gasteiger partial charge in [0.25, 0.3) is 0 Å². The summed E-state index contributed by atoms with van der Waals surface area (Å²) in [6.07, 6.45) is 4.76. The number of nitrogens with two attached hydrogens (primary N) is 1. The number of benzene rings is 1. The highest BCUT2D eigenvalue weighted by atomic mass is 16.5. The highest BCUT2D eigenvalue weighted by molar-refractivity contribution is 5.28. The minimum absolute atomic E-state index is 0.490. The van der Waals surface area contributed by atoms with E-state index in [-0.39, 0.29) is 0 Å². The van der Waals surface area contributed by atoms with Crippen molar-refractivity contribution in [2.24, 2.45) is 11.7 Å². The van der Waals surface area contributed by atoms with Crippen LogP contribution < -0.4 is 5.73 Å². The first-order valence-corrected chi connectivity index (χ1v) is 7.97. The third-order valence-electron chi connectivity index (χ3n) is 4.91. The Hall–Kier alpha value is -0.900. The fourth-order valence-corrected chi connectivity index (χ4v) is 3.73. The van der Waals surface area contributed by atoms with Gasteiger partial charge in [0.15, 0.2) is 0 Å². The van der Waals surface area contributed by atoms with E-state index in [0.29, 0.717) is 12.0 Å². The molecular weight excluding hydrogens is 248 g/mol. The van der Waals surface area contributed by atoms with Crippen LogP contribution in [0.2, 0.25) is 0 Å². The fourth-order valence-electron chi connectivity index (χ4n) is 3.73. The summed E-state index contributed by atoms with van der Waals surface area (Å²) >= 11 is 0. The predicted molar refractivity (Wildman–Crippen MR) is 81.8 cm³/mol. The van der Waals surface area contributed by atoms with E-state index >= 15 is 0 Å². The Labute approximate surface area is 122 Å². The summed E-state index contributed by atoms with van der Waals surface area (Å²) in [5.74, 6) is 0.620. The van der Waals surface area contributed by atoms with Crippen molar-refractivity contribution in [3.05, 3.63) is 35.4 Å². The van der Waals surface area contributed by atoms with E-state index < -0.39 is 0 Å². The molecule has 0 aromatic heterocycles. The molecule has 2 N–H and O–H groups in total. The molecule has 2 aliphatic rings. The first kappa shape index (κ1) is 14.1. The fraction of sp³-hybridized carbons (Fsp3) is 0.647. The molecule has 0 radical (unpaired) electrons. The average Bonchev–Trinajstić information content (AvgIpc) is 2.72. The number of rotatable bonds is 3. The molecule has 1 saturated heterocycles. The topological polar surface area (TPSA) is 38.5 Å². The van der Waals surface area contributed by atoms with E-state index in [9.17, 15) is 0 Å². The minimum Gasteiger partial charge on any atom is -0.381 e. The maximum atomic E-state index is 6.09. The van der Waals surface area contributed by atoms with E-state index in [2.05, 4.69) is 29.2 Å². The van der Waals surface area contributed by atoms with Crippen molar-refractivity contribution in [1.29, 1.82) is 0 Å². The zero-order chi connectivity index (χ0) is 13.8. The summed E-state index contributed by atoms with van der Waals surface area (Å²) in [5.41, 5.74) is 9.13. The Morgan fingerprint density at radius 2 is 1.90 bits per heavy atom. The predicted octanol–water partition coefficient (Wildman–Crippen LogP) is 1.84. The largest absolute Gasteiger partial charge is 0.381 e. The molecule has 110 valence electrons. The summed E-state index contributed by atoms with van der Waals surface area (Å²) < 4.78 is 5.67. The van der Waals surface area contributed by atoms with Crippen molar-refractivity contribution < 1.29 is 4.74 Å². The molecule has 1 fully saturated rings. The zero-order valence-electron chi connectivity index (χ0n) is 12.3. The third kappa shape index (κ3) is 3.05. The van der Waals surface area contributed by atoms with Crippen LogP contribution in [0, 0.1) is 5.92 Å². The molecule has 2 atom stereocenters. The molecule has 2 heterocycles. The molecule has 0 saturated carbocycles. The van der Waals surface area contributed by atoms with Gasteiger partial charge in [-0.2, -0.15) is 0 Å². The van der Waals surface area contributed by atoms with E-state index in [1.165, 1.54) is 24.0 Å². The van der Waals surface area contributed by atoms with Gasteiger partial charge >= 0.3 is 0 Å². The van der Waals surface area contributed by atoms with Crippen LogP contribution in [0.15, 0.2) is 24.3 Å². The Morgan fingerprint density at radius 1 is 1.20 bits per heavy atom. The Kier molecular flexibility index (Phi) is 4.71. The second kappa shape index (κ2) is 6.70. The van der Waals surface area contributed by atoms with Gasteiger partial charge in [0.05, 0.1) is 6.61 Å². The highest BCUT2D eigenvalue weighted by Gasteiger charge is 2.29. The van der Waals surface area contributed by atoms with Crippen LogP contribution in [0.1, 0.15) is 24.0 Å².